The fourth-order valence-corrected chi connectivity index (χ4v) is 3.10. The standard InChI is InChI=1S/C16H32O5S.Na/c1-3-4-5-6-7-8-9-10-11-12-13-14-16(2,15(17)18)22(19,20)21;/h3-14H2,1-2H3,(H,17,18)(H,19,20,21);. The zero-order chi connectivity index (χ0) is 17.1. The predicted octanol–water partition coefficient (Wildman–Crippen LogP) is 4.04. The molecule has 5 nitrogen and oxygen atoms in total. The van der Waals surface area contributed by atoms with Gasteiger partial charge in [0.1, 0.15) is 0 Å². The van der Waals surface area contributed by atoms with Crippen LogP contribution in [0, 0.1) is 0 Å². The van der Waals surface area contributed by atoms with Crippen molar-refractivity contribution in [1.82, 2.24) is 0 Å². The number of unbranched alkanes of at least 4 members (excludes halogenated alkanes) is 10. The van der Waals surface area contributed by atoms with Crippen LogP contribution in [0.5, 0.6) is 0 Å². The summed E-state index contributed by atoms with van der Waals surface area (Å²) in [5.74, 6) is -1.48. The summed E-state index contributed by atoms with van der Waals surface area (Å²) in [6.45, 7) is 3.28. The molecule has 0 rings (SSSR count). The van der Waals surface area contributed by atoms with Crippen LogP contribution in [-0.4, -0.2) is 58.4 Å². The average Bonchev–Trinajstić information content (AvgIpc) is 2.43. The number of carboxylic acid groups (broad SMARTS) is 1. The Bertz CT molecular complexity index is 411. The van der Waals surface area contributed by atoms with E-state index >= 15 is 0 Å². The Morgan fingerprint density at radius 3 is 1.52 bits per heavy atom. The van der Waals surface area contributed by atoms with E-state index in [0.29, 0.717) is 6.42 Å². The van der Waals surface area contributed by atoms with Gasteiger partial charge in [0.15, 0.2) is 4.75 Å². The number of hydrogen-bond acceptors (Lipinski definition) is 3. The SMILES string of the molecule is CCCCCCCCCCCCCC(C)(C(=O)O)S(=O)(=O)O.[Na]. The van der Waals surface area contributed by atoms with E-state index < -0.39 is 20.8 Å². The smallest absolute Gasteiger partial charge is 0.327 e. The Hall–Kier alpha value is 0.380. The number of carbonyl (C=O) groups is 1. The van der Waals surface area contributed by atoms with Gasteiger partial charge in [0.2, 0.25) is 0 Å². The van der Waals surface area contributed by atoms with Gasteiger partial charge in [0.05, 0.1) is 0 Å². The third-order valence-corrected chi connectivity index (χ3v) is 5.80. The summed E-state index contributed by atoms with van der Waals surface area (Å²) in [5.41, 5.74) is 0. The quantitative estimate of drug-likeness (QED) is 0.277. The normalized spacial score (nSPS) is 14.0. The van der Waals surface area contributed by atoms with Crippen molar-refractivity contribution in [3.8, 4) is 0 Å². The maximum atomic E-state index is 11.2. The summed E-state index contributed by atoms with van der Waals surface area (Å²) in [5, 5.41) is 8.99. The zero-order valence-corrected chi connectivity index (χ0v) is 17.8. The van der Waals surface area contributed by atoms with E-state index in [4.69, 9.17) is 9.66 Å². The topological polar surface area (TPSA) is 91.7 Å². The summed E-state index contributed by atoms with van der Waals surface area (Å²) >= 11 is 0. The first kappa shape index (κ1) is 25.6. The molecule has 0 spiro atoms. The molecule has 133 valence electrons. The van der Waals surface area contributed by atoms with Gasteiger partial charge < -0.3 is 5.11 Å². The van der Waals surface area contributed by atoms with Crippen molar-refractivity contribution in [2.45, 2.75) is 95.6 Å². The molecular formula is C16H32NaO5S. The Balaban J connectivity index is 0. The minimum atomic E-state index is -4.58. The van der Waals surface area contributed by atoms with E-state index in [1.165, 1.54) is 44.9 Å². The largest absolute Gasteiger partial charge is 0.480 e. The van der Waals surface area contributed by atoms with Gasteiger partial charge in [-0.05, 0) is 13.3 Å². The van der Waals surface area contributed by atoms with Crippen molar-refractivity contribution in [2.24, 2.45) is 0 Å². The second kappa shape index (κ2) is 13.6. The Labute approximate surface area is 163 Å². The minimum absolute atomic E-state index is 0. The molecule has 23 heavy (non-hydrogen) atoms. The van der Waals surface area contributed by atoms with E-state index in [1.807, 2.05) is 0 Å². The molecule has 0 aliphatic carbocycles. The molecule has 0 aliphatic heterocycles. The van der Waals surface area contributed by atoms with Gasteiger partial charge in [-0.3, -0.25) is 9.35 Å². The van der Waals surface area contributed by atoms with Crippen LogP contribution >= 0.6 is 0 Å². The van der Waals surface area contributed by atoms with Crippen molar-refractivity contribution in [1.29, 1.82) is 0 Å². The third-order valence-electron chi connectivity index (χ3n) is 4.28. The molecule has 0 aliphatic rings. The molecular weight excluding hydrogens is 327 g/mol. The van der Waals surface area contributed by atoms with Gasteiger partial charge in [0, 0.05) is 29.6 Å². The van der Waals surface area contributed by atoms with E-state index in [1.54, 1.807) is 0 Å². The Morgan fingerprint density at radius 2 is 1.22 bits per heavy atom. The number of rotatable bonds is 14. The molecule has 7 heteroatoms. The van der Waals surface area contributed by atoms with Crippen molar-refractivity contribution >= 4 is 45.6 Å². The molecule has 0 bridgehead atoms. The van der Waals surface area contributed by atoms with Crippen LogP contribution in [-0.2, 0) is 14.9 Å². The molecule has 2 N–H and O–H groups in total. The fraction of sp³-hybridized carbons (Fsp3) is 0.938. The van der Waals surface area contributed by atoms with Crippen molar-refractivity contribution < 1.29 is 22.9 Å². The van der Waals surface area contributed by atoms with Crippen LogP contribution in [0.25, 0.3) is 0 Å². The van der Waals surface area contributed by atoms with Gasteiger partial charge in [0.25, 0.3) is 10.1 Å². The Morgan fingerprint density at radius 1 is 0.870 bits per heavy atom. The molecule has 1 unspecified atom stereocenters. The van der Waals surface area contributed by atoms with Gasteiger partial charge in [-0.1, -0.05) is 77.6 Å². The van der Waals surface area contributed by atoms with Gasteiger partial charge in [-0.2, -0.15) is 8.42 Å². The van der Waals surface area contributed by atoms with Crippen LogP contribution in [0.4, 0.5) is 0 Å². The van der Waals surface area contributed by atoms with Crippen LogP contribution in [0.15, 0.2) is 0 Å². The van der Waals surface area contributed by atoms with Gasteiger partial charge in [-0.15, -0.1) is 0 Å². The van der Waals surface area contributed by atoms with E-state index in [0.717, 1.165) is 26.2 Å². The first-order valence-corrected chi connectivity index (χ1v) is 9.90. The maximum absolute atomic E-state index is 11.2. The van der Waals surface area contributed by atoms with E-state index in [2.05, 4.69) is 6.92 Å². The van der Waals surface area contributed by atoms with Crippen LogP contribution in [0.3, 0.4) is 0 Å². The molecule has 0 amide bonds. The molecule has 0 aromatic carbocycles. The monoisotopic (exact) mass is 359 g/mol. The first-order valence-electron chi connectivity index (χ1n) is 8.46. The van der Waals surface area contributed by atoms with Crippen molar-refractivity contribution in [3.63, 3.8) is 0 Å². The van der Waals surface area contributed by atoms with Crippen molar-refractivity contribution in [2.75, 3.05) is 0 Å². The first-order chi connectivity index (χ1) is 10.3. The fourth-order valence-electron chi connectivity index (χ4n) is 2.47. The zero-order valence-electron chi connectivity index (χ0n) is 15.0. The second-order valence-electron chi connectivity index (χ2n) is 6.30. The van der Waals surface area contributed by atoms with Gasteiger partial charge >= 0.3 is 5.97 Å². The molecule has 1 radical (unpaired) electrons. The molecule has 0 aromatic heterocycles. The molecule has 0 heterocycles. The van der Waals surface area contributed by atoms with E-state index in [-0.39, 0.29) is 36.0 Å². The summed E-state index contributed by atoms with van der Waals surface area (Å²) in [6.07, 6.45) is 12.2. The molecule has 0 saturated carbocycles. The molecule has 0 aromatic rings. The summed E-state index contributed by atoms with van der Waals surface area (Å²) in [6, 6.07) is 0. The molecule has 0 saturated heterocycles. The van der Waals surface area contributed by atoms with Crippen LogP contribution < -0.4 is 0 Å². The van der Waals surface area contributed by atoms with Crippen LogP contribution in [0.1, 0.15) is 90.9 Å². The van der Waals surface area contributed by atoms with Crippen LogP contribution in [0.2, 0.25) is 0 Å². The minimum Gasteiger partial charge on any atom is -0.480 e. The number of carboxylic acids is 1. The second-order valence-corrected chi connectivity index (χ2v) is 8.15. The molecule has 1 atom stereocenters. The van der Waals surface area contributed by atoms with Crippen molar-refractivity contribution in [3.05, 3.63) is 0 Å². The summed E-state index contributed by atoms with van der Waals surface area (Å²) < 4.78 is 29.3. The Kier molecular flexibility index (Phi) is 15.2. The summed E-state index contributed by atoms with van der Waals surface area (Å²) in [4.78, 5) is 11.0. The average molecular weight is 359 g/mol. The van der Waals surface area contributed by atoms with Gasteiger partial charge in [-0.25, -0.2) is 0 Å². The molecule has 0 fully saturated rings. The third kappa shape index (κ3) is 10.8. The number of aliphatic carboxylic acids is 1. The predicted molar refractivity (Wildman–Crippen MR) is 94.4 cm³/mol. The van der Waals surface area contributed by atoms with E-state index in [9.17, 15) is 13.2 Å². The number of hydrogen-bond donors (Lipinski definition) is 2. The maximum Gasteiger partial charge on any atom is 0.327 e. The summed E-state index contributed by atoms with van der Waals surface area (Å²) in [7, 11) is -4.58.